The molecule has 1 aromatic carbocycles. The Morgan fingerprint density at radius 3 is 2.88 bits per heavy atom. The number of hydrogen-bond donors (Lipinski definition) is 1. The molecule has 1 aliphatic heterocycles. The molecule has 1 heterocycles. The number of thioether (sulfide) groups is 1. The summed E-state index contributed by atoms with van der Waals surface area (Å²) in [5.74, 6) is 1.66. The molecule has 1 fully saturated rings. The zero-order valence-corrected chi connectivity index (χ0v) is 10.6. The maximum atomic E-state index is 10.9. The quantitative estimate of drug-likeness (QED) is 0.679. The van der Waals surface area contributed by atoms with E-state index in [2.05, 4.69) is 0 Å². The van der Waals surface area contributed by atoms with Crippen LogP contribution in [0.25, 0.3) is 0 Å². The molecule has 0 spiro atoms. The molecule has 1 N–H and O–H groups in total. The number of halogens is 1. The largest absolute Gasteiger partial charge is 0.392 e. The molecule has 1 aromatic rings. The molecule has 0 aromatic heterocycles. The van der Waals surface area contributed by atoms with E-state index in [0.29, 0.717) is 22.8 Å². The summed E-state index contributed by atoms with van der Waals surface area (Å²) in [4.78, 5) is 10.5. The van der Waals surface area contributed by atoms with Gasteiger partial charge in [0.2, 0.25) is 0 Å². The van der Waals surface area contributed by atoms with E-state index in [-0.39, 0.29) is 17.7 Å². The number of rotatable bonds is 3. The van der Waals surface area contributed by atoms with E-state index >= 15 is 0 Å². The first-order valence-corrected chi connectivity index (χ1v) is 6.80. The summed E-state index contributed by atoms with van der Waals surface area (Å²) < 4.78 is 0. The van der Waals surface area contributed by atoms with Crippen molar-refractivity contribution >= 4 is 29.1 Å². The van der Waals surface area contributed by atoms with Crippen LogP contribution in [0.2, 0.25) is 5.02 Å². The first kappa shape index (κ1) is 12.7. The number of nitro benzene ring substituents is 1. The monoisotopic (exact) mass is 273 g/mol. The summed E-state index contributed by atoms with van der Waals surface area (Å²) in [6.45, 7) is 0. The van der Waals surface area contributed by atoms with Crippen LogP contribution in [0.5, 0.6) is 0 Å². The van der Waals surface area contributed by atoms with Gasteiger partial charge in [-0.2, -0.15) is 11.8 Å². The topological polar surface area (TPSA) is 63.4 Å². The minimum absolute atomic E-state index is 0.0431. The van der Waals surface area contributed by atoms with Crippen LogP contribution in [-0.2, 0) is 6.42 Å². The van der Waals surface area contributed by atoms with Crippen LogP contribution in [0.3, 0.4) is 0 Å². The maximum Gasteiger partial charge on any atom is 0.274 e. The zero-order chi connectivity index (χ0) is 12.4. The van der Waals surface area contributed by atoms with E-state index in [1.807, 2.05) is 0 Å². The first-order chi connectivity index (χ1) is 8.08. The second-order valence-electron chi connectivity index (χ2n) is 4.10. The molecule has 6 heteroatoms. The Labute approximate surface area is 108 Å². The van der Waals surface area contributed by atoms with Crippen molar-refractivity contribution in [3.63, 3.8) is 0 Å². The lowest BCUT2D eigenvalue weighted by Crippen LogP contribution is -2.20. The molecule has 17 heavy (non-hydrogen) atoms. The molecular formula is C11H12ClNO3S. The van der Waals surface area contributed by atoms with Crippen molar-refractivity contribution in [1.29, 1.82) is 0 Å². The van der Waals surface area contributed by atoms with Crippen molar-refractivity contribution in [2.75, 3.05) is 11.5 Å². The van der Waals surface area contributed by atoms with Crippen molar-refractivity contribution in [1.82, 2.24) is 0 Å². The lowest BCUT2D eigenvalue weighted by atomic mass is 9.96. The molecule has 0 bridgehead atoms. The lowest BCUT2D eigenvalue weighted by Gasteiger charge is -2.13. The smallest absolute Gasteiger partial charge is 0.274 e. The maximum absolute atomic E-state index is 10.9. The van der Waals surface area contributed by atoms with Gasteiger partial charge in [-0.3, -0.25) is 10.1 Å². The third-order valence-electron chi connectivity index (χ3n) is 2.89. The van der Waals surface area contributed by atoms with Crippen molar-refractivity contribution in [2.24, 2.45) is 5.92 Å². The van der Waals surface area contributed by atoms with Gasteiger partial charge in [0.25, 0.3) is 5.69 Å². The van der Waals surface area contributed by atoms with Crippen molar-refractivity contribution < 1.29 is 10.0 Å². The van der Waals surface area contributed by atoms with Gasteiger partial charge in [0.1, 0.15) is 0 Å². The predicted molar refractivity (Wildman–Crippen MR) is 68.6 cm³/mol. The second-order valence-corrected chi connectivity index (χ2v) is 5.61. The number of benzene rings is 1. The van der Waals surface area contributed by atoms with E-state index in [4.69, 9.17) is 11.6 Å². The number of aliphatic hydroxyl groups is 1. The molecule has 1 saturated heterocycles. The summed E-state index contributed by atoms with van der Waals surface area (Å²) in [7, 11) is 0. The SMILES string of the molecule is O=[N+]([O-])c1cc(Cl)ccc1CC1CSCC1O. The van der Waals surface area contributed by atoms with Gasteiger partial charge >= 0.3 is 0 Å². The molecule has 1 aliphatic rings. The Bertz CT molecular complexity index is 441. The van der Waals surface area contributed by atoms with E-state index in [1.165, 1.54) is 6.07 Å². The van der Waals surface area contributed by atoms with Gasteiger partial charge in [0.05, 0.1) is 11.0 Å². The fourth-order valence-corrected chi connectivity index (χ4v) is 3.40. The Hall–Kier alpha value is -0.780. The number of nitrogens with zero attached hydrogens (tertiary/aromatic N) is 1. The summed E-state index contributed by atoms with van der Waals surface area (Å²) in [5.41, 5.74) is 0.688. The van der Waals surface area contributed by atoms with Gasteiger partial charge in [-0.25, -0.2) is 0 Å². The Balaban J connectivity index is 2.22. The van der Waals surface area contributed by atoms with E-state index in [1.54, 1.807) is 23.9 Å². The van der Waals surface area contributed by atoms with Crippen molar-refractivity contribution in [2.45, 2.75) is 12.5 Å². The summed E-state index contributed by atoms with van der Waals surface area (Å²) in [6.07, 6.45) is 0.164. The minimum atomic E-state index is -0.421. The molecule has 2 unspecified atom stereocenters. The highest BCUT2D eigenvalue weighted by molar-refractivity contribution is 7.99. The standard InChI is InChI=1S/C11H12ClNO3S/c12-9-2-1-7(10(4-9)13(15)16)3-8-5-17-6-11(8)14/h1-2,4,8,11,14H,3,5-6H2. The molecule has 0 amide bonds. The van der Waals surface area contributed by atoms with Gasteiger partial charge in [-0.05, 0) is 24.2 Å². The van der Waals surface area contributed by atoms with Crippen LogP contribution < -0.4 is 0 Å². The zero-order valence-electron chi connectivity index (χ0n) is 9.01. The first-order valence-electron chi connectivity index (χ1n) is 5.26. The molecular weight excluding hydrogens is 262 g/mol. The van der Waals surface area contributed by atoms with Crippen LogP contribution in [0.1, 0.15) is 5.56 Å². The number of nitro groups is 1. The summed E-state index contributed by atoms with van der Waals surface area (Å²) >= 11 is 7.43. The van der Waals surface area contributed by atoms with Gasteiger partial charge in [-0.15, -0.1) is 0 Å². The molecule has 92 valence electrons. The highest BCUT2D eigenvalue weighted by Gasteiger charge is 2.28. The summed E-state index contributed by atoms with van der Waals surface area (Å²) in [5, 5.41) is 21.0. The molecule has 2 atom stereocenters. The fraction of sp³-hybridized carbons (Fsp3) is 0.455. The Kier molecular flexibility index (Phi) is 3.91. The van der Waals surface area contributed by atoms with Crippen molar-refractivity contribution in [3.05, 3.63) is 38.9 Å². The third-order valence-corrected chi connectivity index (χ3v) is 4.37. The third kappa shape index (κ3) is 2.91. The Morgan fingerprint density at radius 2 is 2.29 bits per heavy atom. The second kappa shape index (κ2) is 5.25. The average molecular weight is 274 g/mol. The lowest BCUT2D eigenvalue weighted by molar-refractivity contribution is -0.385. The van der Waals surface area contributed by atoms with E-state index < -0.39 is 4.92 Å². The fourth-order valence-electron chi connectivity index (χ4n) is 1.94. The minimum Gasteiger partial charge on any atom is -0.392 e. The molecule has 0 radical (unpaired) electrons. The normalized spacial score (nSPS) is 23.9. The van der Waals surface area contributed by atoms with Crippen LogP contribution in [0.4, 0.5) is 5.69 Å². The van der Waals surface area contributed by atoms with Gasteiger partial charge in [0.15, 0.2) is 0 Å². The highest BCUT2D eigenvalue weighted by Crippen LogP contribution is 2.31. The number of hydrogen-bond acceptors (Lipinski definition) is 4. The van der Waals surface area contributed by atoms with E-state index in [0.717, 1.165) is 5.75 Å². The molecule has 0 saturated carbocycles. The molecule has 0 aliphatic carbocycles. The van der Waals surface area contributed by atoms with E-state index in [9.17, 15) is 15.2 Å². The summed E-state index contributed by atoms with van der Waals surface area (Å²) in [6, 6.07) is 4.69. The van der Waals surface area contributed by atoms with Crippen LogP contribution in [0.15, 0.2) is 18.2 Å². The van der Waals surface area contributed by atoms with Gasteiger partial charge in [-0.1, -0.05) is 17.7 Å². The van der Waals surface area contributed by atoms with Crippen LogP contribution in [-0.4, -0.2) is 27.6 Å². The predicted octanol–water partition coefficient (Wildman–Crippen LogP) is 2.51. The molecule has 4 nitrogen and oxygen atoms in total. The van der Waals surface area contributed by atoms with Crippen LogP contribution in [0, 0.1) is 16.0 Å². The number of aliphatic hydroxyl groups excluding tert-OH is 1. The molecule has 2 rings (SSSR count). The van der Waals surface area contributed by atoms with Gasteiger partial charge < -0.3 is 5.11 Å². The van der Waals surface area contributed by atoms with Gasteiger partial charge in [0, 0.05) is 22.4 Å². The van der Waals surface area contributed by atoms with Crippen LogP contribution >= 0.6 is 23.4 Å². The average Bonchev–Trinajstić information content (AvgIpc) is 2.67. The Morgan fingerprint density at radius 1 is 1.53 bits per heavy atom. The highest BCUT2D eigenvalue weighted by atomic mass is 35.5. The van der Waals surface area contributed by atoms with Crippen molar-refractivity contribution in [3.8, 4) is 0 Å².